The van der Waals surface area contributed by atoms with Crippen LogP contribution in [0.1, 0.15) is 31.0 Å². The molecule has 1 atom stereocenters. The molecule has 2 amide bonds. The molecule has 1 fully saturated rings. The number of ether oxygens (including phenoxy) is 1. The zero-order valence-corrected chi connectivity index (χ0v) is 18.9. The Kier molecular flexibility index (Phi) is 5.92. The second-order valence-electron chi connectivity index (χ2n) is 8.30. The number of urea groups is 1. The molecule has 0 saturated carbocycles. The minimum atomic E-state index is -4.84. The number of alkyl halides is 3. The largest absolute Gasteiger partial charge is 0.573 e. The van der Waals surface area contributed by atoms with Crippen LogP contribution in [0.25, 0.3) is 0 Å². The maximum atomic E-state index is 13.8. The fourth-order valence-corrected chi connectivity index (χ4v) is 4.46. The summed E-state index contributed by atoms with van der Waals surface area (Å²) in [5.41, 5.74) is 1.09. The number of anilines is 2. The molecule has 9 heteroatoms. The van der Waals surface area contributed by atoms with Crippen LogP contribution >= 0.6 is 11.6 Å². The number of nitriles is 1. The monoisotopic (exact) mass is 485 g/mol. The second-order valence-corrected chi connectivity index (χ2v) is 8.74. The van der Waals surface area contributed by atoms with Crippen LogP contribution in [0.2, 0.25) is 5.02 Å². The number of hydrogen-bond donors (Lipinski definition) is 0. The minimum Gasteiger partial charge on any atom is -0.406 e. The Morgan fingerprint density at radius 2 is 1.62 bits per heavy atom. The van der Waals surface area contributed by atoms with Gasteiger partial charge in [-0.25, -0.2) is 4.79 Å². The van der Waals surface area contributed by atoms with Crippen molar-refractivity contribution in [1.29, 1.82) is 5.26 Å². The van der Waals surface area contributed by atoms with Crippen LogP contribution in [0, 0.1) is 11.3 Å². The predicted molar refractivity (Wildman–Crippen MR) is 123 cm³/mol. The fourth-order valence-electron chi connectivity index (χ4n) is 4.33. The van der Waals surface area contributed by atoms with E-state index in [0.717, 1.165) is 0 Å². The first-order valence-corrected chi connectivity index (χ1v) is 10.6. The molecule has 4 rings (SSSR count). The Labute approximate surface area is 199 Å². The van der Waals surface area contributed by atoms with E-state index in [2.05, 4.69) is 4.74 Å². The highest BCUT2D eigenvalue weighted by molar-refractivity contribution is 6.30. The van der Waals surface area contributed by atoms with E-state index in [1.807, 2.05) is 19.9 Å². The van der Waals surface area contributed by atoms with Crippen LogP contribution in [0.5, 0.6) is 5.75 Å². The summed E-state index contributed by atoms with van der Waals surface area (Å²) in [5.74, 6) is -0.374. The maximum Gasteiger partial charge on any atom is 0.573 e. The molecule has 0 bridgehead atoms. The number of rotatable bonds is 4. The van der Waals surface area contributed by atoms with E-state index in [9.17, 15) is 18.0 Å². The first-order valence-electron chi connectivity index (χ1n) is 10.3. The van der Waals surface area contributed by atoms with Gasteiger partial charge in [-0.1, -0.05) is 23.7 Å². The molecule has 0 radical (unpaired) electrons. The number of nitrogens with zero attached hydrogens (tertiary/aromatic N) is 3. The van der Waals surface area contributed by atoms with Gasteiger partial charge in [-0.3, -0.25) is 9.80 Å². The first-order chi connectivity index (χ1) is 16.0. The summed E-state index contributed by atoms with van der Waals surface area (Å²) in [6, 6.07) is 19.8. The van der Waals surface area contributed by atoms with E-state index < -0.39 is 17.9 Å². The number of carbonyl (C=O) groups excluding carboxylic acids is 1. The third kappa shape index (κ3) is 4.39. The summed E-state index contributed by atoms with van der Waals surface area (Å²) >= 11 is 6.04. The molecule has 0 N–H and O–H groups in total. The van der Waals surface area contributed by atoms with Crippen LogP contribution in [-0.2, 0) is 0 Å². The van der Waals surface area contributed by atoms with Crippen molar-refractivity contribution >= 4 is 29.0 Å². The van der Waals surface area contributed by atoms with Crippen LogP contribution < -0.4 is 14.5 Å². The lowest BCUT2D eigenvalue weighted by molar-refractivity contribution is -0.274. The summed E-state index contributed by atoms with van der Waals surface area (Å²) in [7, 11) is 0. The number of hydrogen-bond acceptors (Lipinski definition) is 3. The van der Waals surface area contributed by atoms with Crippen LogP contribution in [0.4, 0.5) is 29.3 Å². The Bertz CT molecular complexity index is 1250. The molecule has 174 valence electrons. The Morgan fingerprint density at radius 3 is 2.21 bits per heavy atom. The van der Waals surface area contributed by atoms with Crippen molar-refractivity contribution < 1.29 is 22.7 Å². The van der Waals surface area contributed by atoms with Crippen LogP contribution in [0.3, 0.4) is 0 Å². The van der Waals surface area contributed by atoms with Crippen molar-refractivity contribution in [3.05, 3.63) is 88.9 Å². The van der Waals surface area contributed by atoms with Gasteiger partial charge in [-0.2, -0.15) is 5.26 Å². The van der Waals surface area contributed by atoms with Gasteiger partial charge in [0.2, 0.25) is 0 Å². The number of halogens is 4. The molecular formula is C25H19ClF3N3O2. The normalized spacial score (nSPS) is 17.6. The molecule has 5 nitrogen and oxygen atoms in total. The highest BCUT2D eigenvalue weighted by Crippen LogP contribution is 2.48. The van der Waals surface area contributed by atoms with E-state index in [4.69, 9.17) is 16.9 Å². The second kappa shape index (κ2) is 8.58. The van der Waals surface area contributed by atoms with Gasteiger partial charge in [0.15, 0.2) is 0 Å². The smallest absolute Gasteiger partial charge is 0.406 e. The van der Waals surface area contributed by atoms with Crippen molar-refractivity contribution in [3.8, 4) is 11.8 Å². The molecule has 3 aromatic carbocycles. The first kappa shape index (κ1) is 23.5. The maximum absolute atomic E-state index is 13.8. The zero-order chi connectivity index (χ0) is 24.7. The van der Waals surface area contributed by atoms with Crippen LogP contribution in [-0.4, -0.2) is 17.9 Å². The lowest BCUT2D eigenvalue weighted by atomic mass is 9.87. The highest BCUT2D eigenvalue weighted by atomic mass is 35.5. The lowest BCUT2D eigenvalue weighted by Gasteiger charge is -2.35. The van der Waals surface area contributed by atoms with Gasteiger partial charge in [0.05, 0.1) is 23.2 Å². The summed E-state index contributed by atoms with van der Waals surface area (Å²) in [6.45, 7) is 3.67. The molecule has 34 heavy (non-hydrogen) atoms. The van der Waals surface area contributed by atoms with E-state index in [-0.39, 0.29) is 11.8 Å². The van der Waals surface area contributed by atoms with Gasteiger partial charge in [-0.15, -0.1) is 13.2 Å². The molecule has 0 spiro atoms. The van der Waals surface area contributed by atoms with Crippen molar-refractivity contribution in [2.45, 2.75) is 31.8 Å². The summed E-state index contributed by atoms with van der Waals surface area (Å²) in [6.07, 6.45) is -4.84. The molecular weight excluding hydrogens is 467 g/mol. The number of amides is 2. The molecule has 0 unspecified atom stereocenters. The van der Waals surface area contributed by atoms with Gasteiger partial charge in [0.25, 0.3) is 0 Å². The Balaban J connectivity index is 1.86. The number of benzene rings is 3. The Hall–Kier alpha value is -3.70. The summed E-state index contributed by atoms with van der Waals surface area (Å²) in [5, 5.41) is 9.60. The topological polar surface area (TPSA) is 56.6 Å². The van der Waals surface area contributed by atoms with Gasteiger partial charge in [0, 0.05) is 16.4 Å². The standard InChI is InChI=1S/C25H19ClF3N3O2/c1-24(2)22(17-4-3-5-21(14-17)34-25(27,28)29)31(19-12-8-18(26)9-13-19)23(33)32(24)20-10-6-16(15-30)7-11-20/h3-14,22H,1-2H3/t22-/m1/s1. The number of carbonyl (C=O) groups is 1. The van der Waals surface area contributed by atoms with Gasteiger partial charge < -0.3 is 4.74 Å². The molecule has 0 aliphatic carbocycles. The van der Waals surface area contributed by atoms with Crippen molar-refractivity contribution in [1.82, 2.24) is 0 Å². The Morgan fingerprint density at radius 1 is 1.00 bits per heavy atom. The van der Waals surface area contributed by atoms with Crippen molar-refractivity contribution in [2.75, 3.05) is 9.80 Å². The van der Waals surface area contributed by atoms with Crippen LogP contribution in [0.15, 0.2) is 72.8 Å². The molecule has 1 heterocycles. The van der Waals surface area contributed by atoms with Crippen molar-refractivity contribution in [3.63, 3.8) is 0 Å². The average molecular weight is 486 g/mol. The zero-order valence-electron chi connectivity index (χ0n) is 18.2. The minimum absolute atomic E-state index is 0.371. The SMILES string of the molecule is CC1(C)[C@@H](c2cccc(OC(F)(F)F)c2)N(c2ccc(Cl)cc2)C(=O)N1c1ccc(C#N)cc1. The molecule has 1 saturated heterocycles. The van der Waals surface area contributed by atoms with E-state index in [1.165, 1.54) is 23.1 Å². The van der Waals surface area contributed by atoms with Gasteiger partial charge in [0.1, 0.15) is 5.75 Å². The van der Waals surface area contributed by atoms with E-state index >= 15 is 0 Å². The third-order valence-electron chi connectivity index (χ3n) is 5.67. The van der Waals surface area contributed by atoms with Gasteiger partial charge >= 0.3 is 12.4 Å². The molecule has 0 aromatic heterocycles. The van der Waals surface area contributed by atoms with Gasteiger partial charge in [-0.05, 0) is 80.1 Å². The highest BCUT2D eigenvalue weighted by Gasteiger charge is 2.53. The average Bonchev–Trinajstić information content (AvgIpc) is 2.98. The molecule has 1 aliphatic rings. The van der Waals surface area contributed by atoms with Crippen molar-refractivity contribution in [2.24, 2.45) is 0 Å². The molecule has 1 aliphatic heterocycles. The lowest BCUT2D eigenvalue weighted by Crippen LogP contribution is -2.43. The van der Waals surface area contributed by atoms with E-state index in [1.54, 1.807) is 59.5 Å². The third-order valence-corrected chi connectivity index (χ3v) is 5.92. The van der Waals surface area contributed by atoms with E-state index in [0.29, 0.717) is 27.5 Å². The predicted octanol–water partition coefficient (Wildman–Crippen LogP) is 7.08. The quantitative estimate of drug-likeness (QED) is 0.397. The fraction of sp³-hybridized carbons (Fsp3) is 0.200. The molecule has 3 aromatic rings. The summed E-state index contributed by atoms with van der Waals surface area (Å²) < 4.78 is 42.7. The summed E-state index contributed by atoms with van der Waals surface area (Å²) in [4.78, 5) is 16.9.